The Labute approximate surface area is 167 Å². The molecule has 0 aromatic carbocycles. The Kier molecular flexibility index (Phi) is 4.86. The third kappa shape index (κ3) is 3.43. The minimum atomic E-state index is -0.625. The first-order valence-corrected chi connectivity index (χ1v) is 9.56. The van der Waals surface area contributed by atoms with E-state index in [4.69, 9.17) is 27.6 Å². The van der Waals surface area contributed by atoms with Crippen LogP contribution in [0.5, 0.6) is 0 Å². The number of amides is 1. The molecular weight excluding hydrogens is 411 g/mol. The van der Waals surface area contributed by atoms with Gasteiger partial charge in [0.05, 0.1) is 23.5 Å². The maximum Gasteiger partial charge on any atom is 0.287 e. The first-order chi connectivity index (χ1) is 13.0. The summed E-state index contributed by atoms with van der Waals surface area (Å²) in [6.07, 6.45) is 3.31. The van der Waals surface area contributed by atoms with Crippen molar-refractivity contribution in [1.29, 1.82) is 0 Å². The van der Waals surface area contributed by atoms with Crippen LogP contribution in [0.1, 0.15) is 23.1 Å². The highest BCUT2D eigenvalue weighted by Gasteiger charge is 2.35. The Balaban J connectivity index is 1.65. The van der Waals surface area contributed by atoms with E-state index in [1.54, 1.807) is 18.4 Å². The Hall–Kier alpha value is -2.42. The standard InChI is InChI=1S/C17H12Cl2N4O3S/c18-10-8-20-22(17(25)16(10)19)9-15(24)23-12(14-4-2-6-27-14)7-11(21-23)13-3-1-5-26-13/h1-6,8,12H,7,9H2. The van der Waals surface area contributed by atoms with Crippen molar-refractivity contribution in [2.75, 3.05) is 0 Å². The zero-order valence-electron chi connectivity index (χ0n) is 13.7. The summed E-state index contributed by atoms with van der Waals surface area (Å²) in [4.78, 5) is 26.1. The van der Waals surface area contributed by atoms with E-state index in [0.717, 1.165) is 9.56 Å². The zero-order valence-corrected chi connectivity index (χ0v) is 16.0. The molecule has 0 spiro atoms. The number of thiophene rings is 1. The van der Waals surface area contributed by atoms with Crippen molar-refractivity contribution in [2.24, 2.45) is 5.10 Å². The van der Waals surface area contributed by atoms with Crippen molar-refractivity contribution in [1.82, 2.24) is 14.8 Å². The topological polar surface area (TPSA) is 80.7 Å². The molecule has 0 bridgehead atoms. The maximum absolute atomic E-state index is 12.9. The zero-order chi connectivity index (χ0) is 19.0. The third-order valence-corrected chi connectivity index (χ3v) is 5.79. The average Bonchev–Trinajstić information content (AvgIpc) is 3.40. The van der Waals surface area contributed by atoms with Gasteiger partial charge in [-0.15, -0.1) is 11.3 Å². The lowest BCUT2D eigenvalue weighted by atomic mass is 10.1. The molecule has 10 heteroatoms. The predicted octanol–water partition coefficient (Wildman–Crippen LogP) is 3.58. The summed E-state index contributed by atoms with van der Waals surface area (Å²) in [5, 5.41) is 11.5. The molecule has 7 nitrogen and oxygen atoms in total. The summed E-state index contributed by atoms with van der Waals surface area (Å²) < 4.78 is 6.39. The van der Waals surface area contributed by atoms with Crippen LogP contribution in [0.2, 0.25) is 10.0 Å². The van der Waals surface area contributed by atoms with Gasteiger partial charge in [-0.1, -0.05) is 29.3 Å². The molecule has 0 saturated heterocycles. The summed E-state index contributed by atoms with van der Waals surface area (Å²) in [7, 11) is 0. The molecule has 0 saturated carbocycles. The van der Waals surface area contributed by atoms with E-state index in [1.165, 1.54) is 22.5 Å². The Morgan fingerprint density at radius 3 is 2.89 bits per heavy atom. The number of furan rings is 1. The fourth-order valence-corrected chi connectivity index (χ4v) is 3.88. The van der Waals surface area contributed by atoms with Gasteiger partial charge >= 0.3 is 0 Å². The van der Waals surface area contributed by atoms with Crippen LogP contribution in [0.25, 0.3) is 0 Å². The molecule has 27 heavy (non-hydrogen) atoms. The van der Waals surface area contributed by atoms with E-state index in [-0.39, 0.29) is 28.5 Å². The van der Waals surface area contributed by atoms with Gasteiger partial charge in [0.15, 0.2) is 0 Å². The molecule has 0 aliphatic carbocycles. The molecule has 1 unspecified atom stereocenters. The highest BCUT2D eigenvalue weighted by Crippen LogP contribution is 2.35. The average molecular weight is 423 g/mol. The van der Waals surface area contributed by atoms with E-state index >= 15 is 0 Å². The van der Waals surface area contributed by atoms with Crippen molar-refractivity contribution in [3.05, 3.63) is 73.1 Å². The van der Waals surface area contributed by atoms with Crippen molar-refractivity contribution < 1.29 is 9.21 Å². The van der Waals surface area contributed by atoms with Gasteiger partial charge < -0.3 is 4.42 Å². The van der Waals surface area contributed by atoms with Crippen molar-refractivity contribution in [3.63, 3.8) is 0 Å². The Morgan fingerprint density at radius 2 is 2.19 bits per heavy atom. The van der Waals surface area contributed by atoms with Gasteiger partial charge in [-0.2, -0.15) is 10.2 Å². The molecular formula is C17H12Cl2N4O3S. The second-order valence-corrected chi connectivity index (χ2v) is 7.53. The van der Waals surface area contributed by atoms with Crippen LogP contribution >= 0.6 is 34.5 Å². The van der Waals surface area contributed by atoms with Crippen molar-refractivity contribution in [2.45, 2.75) is 19.0 Å². The lowest BCUT2D eigenvalue weighted by Gasteiger charge is -2.20. The molecule has 0 fully saturated rings. The molecule has 1 aliphatic heterocycles. The highest BCUT2D eigenvalue weighted by molar-refractivity contribution is 7.10. The van der Waals surface area contributed by atoms with Gasteiger partial charge in [-0.3, -0.25) is 9.59 Å². The number of aromatic nitrogens is 2. The molecule has 1 aliphatic rings. The second kappa shape index (κ2) is 7.30. The molecule has 3 aromatic heterocycles. The fraction of sp³-hybridized carbons (Fsp3) is 0.176. The van der Waals surface area contributed by atoms with Crippen LogP contribution in [0.4, 0.5) is 0 Å². The van der Waals surface area contributed by atoms with Crippen LogP contribution < -0.4 is 5.56 Å². The van der Waals surface area contributed by atoms with Crippen LogP contribution in [0, 0.1) is 0 Å². The molecule has 4 heterocycles. The highest BCUT2D eigenvalue weighted by atomic mass is 35.5. The number of halogens is 2. The summed E-state index contributed by atoms with van der Waals surface area (Å²) in [5.41, 5.74) is 0.0424. The van der Waals surface area contributed by atoms with E-state index in [9.17, 15) is 9.59 Å². The normalized spacial score (nSPS) is 16.6. The van der Waals surface area contributed by atoms with Gasteiger partial charge in [-0.05, 0) is 23.6 Å². The monoisotopic (exact) mass is 422 g/mol. The van der Waals surface area contributed by atoms with E-state index in [1.807, 2.05) is 17.5 Å². The van der Waals surface area contributed by atoms with Gasteiger partial charge in [0, 0.05) is 11.3 Å². The molecule has 4 rings (SSSR count). The van der Waals surface area contributed by atoms with Crippen LogP contribution in [-0.2, 0) is 11.3 Å². The van der Waals surface area contributed by atoms with E-state index < -0.39 is 5.56 Å². The lowest BCUT2D eigenvalue weighted by Crippen LogP contribution is -2.35. The number of nitrogens with zero attached hydrogens (tertiary/aromatic N) is 4. The second-order valence-electron chi connectivity index (χ2n) is 5.77. The molecule has 3 aromatic rings. The quantitative estimate of drug-likeness (QED) is 0.643. The first kappa shape index (κ1) is 18.0. The number of carbonyl (C=O) groups is 1. The van der Waals surface area contributed by atoms with Crippen molar-refractivity contribution in [3.8, 4) is 0 Å². The SMILES string of the molecule is O=C(Cn1ncc(Cl)c(Cl)c1=O)N1N=C(c2ccco2)CC1c1cccs1. The predicted molar refractivity (Wildman–Crippen MR) is 102 cm³/mol. The summed E-state index contributed by atoms with van der Waals surface area (Å²) in [5.74, 6) is 0.222. The Bertz CT molecular complexity index is 1060. The molecule has 0 N–H and O–H groups in total. The largest absolute Gasteiger partial charge is 0.463 e. The maximum atomic E-state index is 12.9. The smallest absolute Gasteiger partial charge is 0.287 e. The van der Waals surface area contributed by atoms with Crippen molar-refractivity contribution >= 4 is 46.2 Å². The number of carbonyl (C=O) groups excluding carboxylic acids is 1. The minimum absolute atomic E-state index is 0.0427. The number of hydrogen-bond donors (Lipinski definition) is 0. The molecule has 1 atom stereocenters. The number of rotatable bonds is 4. The summed E-state index contributed by atoms with van der Waals surface area (Å²) in [6.45, 7) is -0.299. The fourth-order valence-electron chi connectivity index (χ4n) is 2.79. The summed E-state index contributed by atoms with van der Waals surface area (Å²) in [6, 6.07) is 7.15. The van der Waals surface area contributed by atoms with E-state index in [0.29, 0.717) is 17.9 Å². The minimum Gasteiger partial charge on any atom is -0.463 e. The summed E-state index contributed by atoms with van der Waals surface area (Å²) >= 11 is 13.2. The van der Waals surface area contributed by atoms with Gasteiger partial charge in [0.1, 0.15) is 23.0 Å². The molecule has 1 amide bonds. The first-order valence-electron chi connectivity index (χ1n) is 7.92. The van der Waals surface area contributed by atoms with Gasteiger partial charge in [0.2, 0.25) is 0 Å². The number of hydrazone groups is 1. The number of hydrogen-bond acceptors (Lipinski definition) is 6. The van der Waals surface area contributed by atoms with Gasteiger partial charge in [0.25, 0.3) is 11.5 Å². The third-order valence-electron chi connectivity index (χ3n) is 4.07. The van der Waals surface area contributed by atoms with Crippen LogP contribution in [-0.4, -0.2) is 26.4 Å². The van der Waals surface area contributed by atoms with E-state index in [2.05, 4.69) is 10.2 Å². The Morgan fingerprint density at radius 1 is 1.33 bits per heavy atom. The van der Waals surface area contributed by atoms with Crippen LogP contribution in [0.15, 0.2) is 56.4 Å². The van der Waals surface area contributed by atoms with Crippen LogP contribution in [0.3, 0.4) is 0 Å². The lowest BCUT2D eigenvalue weighted by molar-refractivity contribution is -0.133. The molecule has 138 valence electrons. The van der Waals surface area contributed by atoms with Gasteiger partial charge in [-0.25, -0.2) is 9.69 Å². The molecule has 0 radical (unpaired) electrons.